The molecule has 1 unspecified atom stereocenters. The van der Waals surface area contributed by atoms with E-state index in [1.807, 2.05) is 13.8 Å². The molecule has 0 amide bonds. The number of hydrogen-bond donors (Lipinski definition) is 1. The lowest BCUT2D eigenvalue weighted by molar-refractivity contribution is 0.0119. The second kappa shape index (κ2) is 5.64. The van der Waals surface area contributed by atoms with E-state index in [1.165, 1.54) is 5.56 Å². The fourth-order valence-electron chi connectivity index (χ4n) is 1.41. The molecule has 1 aromatic carbocycles. The summed E-state index contributed by atoms with van der Waals surface area (Å²) < 4.78 is 6.84. The van der Waals surface area contributed by atoms with Crippen LogP contribution in [-0.2, 0) is 4.74 Å². The largest absolute Gasteiger partial charge is 0.370 e. The van der Waals surface area contributed by atoms with Crippen LogP contribution in [0.15, 0.2) is 22.7 Å². The molecular weight excluding hydrogens is 254 g/mol. The van der Waals surface area contributed by atoms with Crippen molar-refractivity contribution in [3.05, 3.63) is 33.8 Å². The Morgan fingerprint density at radius 3 is 2.53 bits per heavy atom. The average molecular weight is 272 g/mol. The molecule has 0 spiro atoms. The number of rotatable bonds is 4. The van der Waals surface area contributed by atoms with Crippen LogP contribution in [0.2, 0.25) is 0 Å². The summed E-state index contributed by atoms with van der Waals surface area (Å²) in [7, 11) is 0. The number of halogens is 1. The number of nitrogens with two attached hydrogens (primary N) is 1. The Labute approximate surface area is 99.9 Å². The first kappa shape index (κ1) is 12.7. The topological polar surface area (TPSA) is 35.2 Å². The van der Waals surface area contributed by atoms with Gasteiger partial charge in [-0.15, -0.1) is 0 Å². The first-order valence-electron chi connectivity index (χ1n) is 5.16. The van der Waals surface area contributed by atoms with E-state index in [0.29, 0.717) is 6.54 Å². The number of benzene rings is 1. The van der Waals surface area contributed by atoms with E-state index in [4.69, 9.17) is 10.5 Å². The Balaban J connectivity index is 2.87. The minimum absolute atomic E-state index is 0.0121. The standard InChI is InChI=1S/C12H18BrNO/c1-8(2)15-12(7-14)10-5-4-9(3)11(13)6-10/h4-6,8,12H,7,14H2,1-3H3. The molecule has 0 saturated heterocycles. The molecule has 2 nitrogen and oxygen atoms in total. The lowest BCUT2D eigenvalue weighted by Gasteiger charge is -2.19. The van der Waals surface area contributed by atoms with E-state index in [2.05, 4.69) is 41.1 Å². The van der Waals surface area contributed by atoms with Crippen molar-refractivity contribution in [2.75, 3.05) is 6.54 Å². The molecule has 1 rings (SSSR count). The maximum atomic E-state index is 5.73. The predicted octanol–water partition coefficient (Wildman–Crippen LogP) is 3.18. The second-order valence-electron chi connectivity index (χ2n) is 3.92. The van der Waals surface area contributed by atoms with E-state index in [-0.39, 0.29) is 12.2 Å². The zero-order valence-corrected chi connectivity index (χ0v) is 11.0. The molecule has 0 aliphatic heterocycles. The first-order chi connectivity index (χ1) is 7.04. The summed E-state index contributed by atoms with van der Waals surface area (Å²) in [4.78, 5) is 0. The summed E-state index contributed by atoms with van der Waals surface area (Å²) in [6.07, 6.45) is 0.181. The fraction of sp³-hybridized carbons (Fsp3) is 0.500. The van der Waals surface area contributed by atoms with Crippen LogP contribution in [0.4, 0.5) is 0 Å². The molecule has 0 fully saturated rings. The number of ether oxygens (including phenoxy) is 1. The van der Waals surface area contributed by atoms with Crippen molar-refractivity contribution in [3.63, 3.8) is 0 Å². The molecule has 0 aliphatic carbocycles. The zero-order valence-electron chi connectivity index (χ0n) is 9.46. The number of aryl methyl sites for hydroxylation is 1. The first-order valence-corrected chi connectivity index (χ1v) is 5.95. The van der Waals surface area contributed by atoms with E-state index in [9.17, 15) is 0 Å². The van der Waals surface area contributed by atoms with E-state index in [1.54, 1.807) is 0 Å². The lowest BCUT2D eigenvalue weighted by atomic mass is 10.1. The maximum absolute atomic E-state index is 5.73. The predicted molar refractivity (Wildman–Crippen MR) is 66.9 cm³/mol. The SMILES string of the molecule is Cc1ccc(C(CN)OC(C)C)cc1Br. The van der Waals surface area contributed by atoms with Gasteiger partial charge in [-0.25, -0.2) is 0 Å². The Hall–Kier alpha value is -0.380. The maximum Gasteiger partial charge on any atom is 0.0950 e. The molecule has 15 heavy (non-hydrogen) atoms. The minimum Gasteiger partial charge on any atom is -0.370 e. The van der Waals surface area contributed by atoms with Crippen molar-refractivity contribution >= 4 is 15.9 Å². The molecule has 3 heteroatoms. The second-order valence-corrected chi connectivity index (χ2v) is 4.77. The van der Waals surface area contributed by atoms with Crippen molar-refractivity contribution in [1.82, 2.24) is 0 Å². The summed E-state index contributed by atoms with van der Waals surface area (Å²) in [5.41, 5.74) is 8.05. The fourth-order valence-corrected chi connectivity index (χ4v) is 1.80. The molecule has 1 atom stereocenters. The van der Waals surface area contributed by atoms with Crippen LogP contribution in [0.3, 0.4) is 0 Å². The smallest absolute Gasteiger partial charge is 0.0950 e. The van der Waals surface area contributed by atoms with Crippen molar-refractivity contribution < 1.29 is 4.74 Å². The van der Waals surface area contributed by atoms with Gasteiger partial charge < -0.3 is 10.5 Å². The Kier molecular flexibility index (Phi) is 4.77. The highest BCUT2D eigenvalue weighted by atomic mass is 79.9. The van der Waals surface area contributed by atoms with Gasteiger partial charge in [0.25, 0.3) is 0 Å². The van der Waals surface area contributed by atoms with Crippen LogP contribution in [0, 0.1) is 6.92 Å². The molecule has 0 heterocycles. The minimum atomic E-state index is -0.0121. The summed E-state index contributed by atoms with van der Waals surface area (Å²) >= 11 is 3.51. The molecule has 2 N–H and O–H groups in total. The lowest BCUT2D eigenvalue weighted by Crippen LogP contribution is -2.19. The Morgan fingerprint density at radius 1 is 1.40 bits per heavy atom. The van der Waals surface area contributed by atoms with Crippen molar-refractivity contribution in [1.29, 1.82) is 0 Å². The van der Waals surface area contributed by atoms with E-state index >= 15 is 0 Å². The van der Waals surface area contributed by atoms with Crippen LogP contribution in [-0.4, -0.2) is 12.6 Å². The van der Waals surface area contributed by atoms with Crippen LogP contribution in [0.5, 0.6) is 0 Å². The van der Waals surface area contributed by atoms with Crippen LogP contribution >= 0.6 is 15.9 Å². The van der Waals surface area contributed by atoms with Gasteiger partial charge in [-0.1, -0.05) is 28.1 Å². The third-order valence-electron chi connectivity index (χ3n) is 2.22. The molecule has 84 valence electrons. The van der Waals surface area contributed by atoms with Crippen molar-refractivity contribution in [2.24, 2.45) is 5.73 Å². The molecule has 0 aromatic heterocycles. The highest BCUT2D eigenvalue weighted by molar-refractivity contribution is 9.10. The van der Waals surface area contributed by atoms with Gasteiger partial charge in [0.2, 0.25) is 0 Å². The summed E-state index contributed by atoms with van der Waals surface area (Å²) in [5.74, 6) is 0. The third-order valence-corrected chi connectivity index (χ3v) is 3.07. The summed E-state index contributed by atoms with van der Waals surface area (Å²) in [6, 6.07) is 6.22. The van der Waals surface area contributed by atoms with Gasteiger partial charge in [-0.2, -0.15) is 0 Å². The van der Waals surface area contributed by atoms with Gasteiger partial charge >= 0.3 is 0 Å². The zero-order chi connectivity index (χ0) is 11.4. The highest BCUT2D eigenvalue weighted by Gasteiger charge is 2.12. The summed E-state index contributed by atoms with van der Waals surface area (Å²) in [5, 5.41) is 0. The summed E-state index contributed by atoms with van der Waals surface area (Å²) in [6.45, 7) is 6.61. The molecule has 0 bridgehead atoms. The molecular formula is C12H18BrNO. The Morgan fingerprint density at radius 2 is 2.07 bits per heavy atom. The van der Waals surface area contributed by atoms with Gasteiger partial charge in [0.1, 0.15) is 0 Å². The van der Waals surface area contributed by atoms with Crippen molar-refractivity contribution in [3.8, 4) is 0 Å². The van der Waals surface area contributed by atoms with Gasteiger partial charge in [0.15, 0.2) is 0 Å². The van der Waals surface area contributed by atoms with Gasteiger partial charge in [0, 0.05) is 11.0 Å². The normalized spacial score (nSPS) is 13.2. The molecule has 0 saturated carbocycles. The number of hydrogen-bond acceptors (Lipinski definition) is 2. The molecule has 0 aliphatic rings. The third kappa shape index (κ3) is 3.59. The quantitative estimate of drug-likeness (QED) is 0.913. The van der Waals surface area contributed by atoms with Gasteiger partial charge in [0.05, 0.1) is 12.2 Å². The highest BCUT2D eigenvalue weighted by Crippen LogP contribution is 2.24. The van der Waals surface area contributed by atoms with Crippen LogP contribution in [0.25, 0.3) is 0 Å². The Bertz CT molecular complexity index is 325. The molecule has 0 radical (unpaired) electrons. The van der Waals surface area contributed by atoms with E-state index < -0.39 is 0 Å². The van der Waals surface area contributed by atoms with Crippen LogP contribution in [0.1, 0.15) is 31.1 Å². The van der Waals surface area contributed by atoms with Gasteiger partial charge in [-0.3, -0.25) is 0 Å². The van der Waals surface area contributed by atoms with E-state index in [0.717, 1.165) is 10.0 Å². The van der Waals surface area contributed by atoms with Crippen molar-refractivity contribution in [2.45, 2.75) is 33.0 Å². The molecule has 1 aromatic rings. The van der Waals surface area contributed by atoms with Gasteiger partial charge in [-0.05, 0) is 38.0 Å². The van der Waals surface area contributed by atoms with Crippen LogP contribution < -0.4 is 5.73 Å². The average Bonchev–Trinajstić information content (AvgIpc) is 2.18. The monoisotopic (exact) mass is 271 g/mol.